The van der Waals surface area contributed by atoms with Gasteiger partial charge in [-0.2, -0.15) is 0 Å². The summed E-state index contributed by atoms with van der Waals surface area (Å²) in [5.41, 5.74) is 1.49. The molecule has 4 heteroatoms. The number of carbonyl (C=O) groups is 1. The van der Waals surface area contributed by atoms with Crippen molar-refractivity contribution < 1.29 is 13.6 Å². The van der Waals surface area contributed by atoms with Gasteiger partial charge in [-0.1, -0.05) is 18.2 Å². The lowest BCUT2D eigenvalue weighted by atomic mass is 10.1. The molecule has 0 unspecified atom stereocenters. The number of hydrogen-bond donors (Lipinski definition) is 1. The van der Waals surface area contributed by atoms with E-state index in [-0.39, 0.29) is 17.5 Å². The van der Waals surface area contributed by atoms with Crippen LogP contribution in [0.4, 0.5) is 4.39 Å². The largest absolute Gasteiger partial charge is 0.459 e. The lowest BCUT2D eigenvalue weighted by molar-refractivity contribution is 0.0926. The van der Waals surface area contributed by atoms with Crippen molar-refractivity contribution in [1.82, 2.24) is 5.32 Å². The van der Waals surface area contributed by atoms with Crippen molar-refractivity contribution in [3.8, 4) is 0 Å². The first kappa shape index (κ1) is 12.4. The van der Waals surface area contributed by atoms with Crippen LogP contribution in [-0.4, -0.2) is 12.5 Å². The quantitative estimate of drug-likeness (QED) is 0.902. The van der Waals surface area contributed by atoms with Crippen LogP contribution in [0.1, 0.15) is 21.7 Å². The summed E-state index contributed by atoms with van der Waals surface area (Å²) >= 11 is 0. The third-order valence-electron chi connectivity index (χ3n) is 2.59. The first-order chi connectivity index (χ1) is 8.66. The number of nitrogens with one attached hydrogen (secondary N) is 1. The van der Waals surface area contributed by atoms with Crippen LogP contribution >= 0.6 is 0 Å². The molecule has 1 aromatic carbocycles. The highest BCUT2D eigenvalue weighted by molar-refractivity contribution is 5.91. The zero-order valence-corrected chi connectivity index (χ0v) is 10.1. The van der Waals surface area contributed by atoms with Crippen LogP contribution in [0.15, 0.2) is 41.0 Å². The Morgan fingerprint density at radius 1 is 1.39 bits per heavy atom. The van der Waals surface area contributed by atoms with Gasteiger partial charge in [0.25, 0.3) is 5.91 Å². The Labute approximate surface area is 105 Å². The summed E-state index contributed by atoms with van der Waals surface area (Å²) in [7, 11) is 0. The highest BCUT2D eigenvalue weighted by Gasteiger charge is 2.09. The van der Waals surface area contributed by atoms with Crippen molar-refractivity contribution in [2.45, 2.75) is 13.3 Å². The number of amides is 1. The summed E-state index contributed by atoms with van der Waals surface area (Å²) in [6.45, 7) is 2.22. The predicted octanol–water partition coefficient (Wildman–Crippen LogP) is 2.70. The van der Waals surface area contributed by atoms with Crippen molar-refractivity contribution in [2.24, 2.45) is 0 Å². The van der Waals surface area contributed by atoms with E-state index in [9.17, 15) is 9.18 Å². The van der Waals surface area contributed by atoms with Crippen LogP contribution in [0.5, 0.6) is 0 Å². The van der Waals surface area contributed by atoms with E-state index in [1.54, 1.807) is 24.3 Å². The lowest BCUT2D eigenvalue weighted by Gasteiger charge is -2.04. The number of rotatable bonds is 4. The van der Waals surface area contributed by atoms with Crippen LogP contribution in [0.2, 0.25) is 0 Å². The van der Waals surface area contributed by atoms with Crippen LogP contribution < -0.4 is 5.32 Å². The normalized spacial score (nSPS) is 10.3. The van der Waals surface area contributed by atoms with Gasteiger partial charge in [0.1, 0.15) is 5.82 Å². The Balaban J connectivity index is 1.86. The molecule has 94 valence electrons. The second-order valence-electron chi connectivity index (χ2n) is 4.09. The Morgan fingerprint density at radius 3 is 2.83 bits per heavy atom. The van der Waals surface area contributed by atoms with E-state index < -0.39 is 0 Å². The number of halogens is 1. The molecule has 0 saturated carbocycles. The number of furan rings is 1. The van der Waals surface area contributed by atoms with Crippen LogP contribution in [0.3, 0.4) is 0 Å². The number of hydrogen-bond acceptors (Lipinski definition) is 2. The Bertz CT molecular complexity index is 548. The summed E-state index contributed by atoms with van der Waals surface area (Å²) < 4.78 is 18.4. The molecule has 0 fully saturated rings. The molecule has 1 aromatic heterocycles. The third-order valence-corrected chi connectivity index (χ3v) is 2.59. The smallest absolute Gasteiger partial charge is 0.286 e. The molecular weight excluding hydrogens is 233 g/mol. The van der Waals surface area contributed by atoms with E-state index >= 15 is 0 Å². The monoisotopic (exact) mass is 247 g/mol. The molecule has 0 radical (unpaired) electrons. The molecule has 2 aromatic rings. The fourth-order valence-electron chi connectivity index (χ4n) is 1.65. The van der Waals surface area contributed by atoms with E-state index in [1.165, 1.54) is 12.3 Å². The van der Waals surface area contributed by atoms with Gasteiger partial charge in [-0.25, -0.2) is 4.39 Å². The highest BCUT2D eigenvalue weighted by Crippen LogP contribution is 2.07. The second-order valence-corrected chi connectivity index (χ2v) is 4.09. The van der Waals surface area contributed by atoms with Crippen LogP contribution in [0.25, 0.3) is 0 Å². The van der Waals surface area contributed by atoms with E-state index in [0.717, 1.165) is 5.56 Å². The van der Waals surface area contributed by atoms with Gasteiger partial charge >= 0.3 is 0 Å². The van der Waals surface area contributed by atoms with Crippen LogP contribution in [-0.2, 0) is 6.42 Å². The number of benzene rings is 1. The first-order valence-corrected chi connectivity index (χ1v) is 5.73. The van der Waals surface area contributed by atoms with E-state index in [4.69, 9.17) is 4.42 Å². The molecule has 0 saturated heterocycles. The van der Waals surface area contributed by atoms with Gasteiger partial charge in [0, 0.05) is 6.54 Å². The minimum Gasteiger partial charge on any atom is -0.459 e. The Hall–Kier alpha value is -2.10. The van der Waals surface area contributed by atoms with Crippen molar-refractivity contribution in [3.63, 3.8) is 0 Å². The van der Waals surface area contributed by atoms with Gasteiger partial charge in [-0.15, -0.1) is 0 Å². The average Bonchev–Trinajstić information content (AvgIpc) is 2.78. The van der Waals surface area contributed by atoms with Crippen LogP contribution in [0, 0.1) is 12.7 Å². The van der Waals surface area contributed by atoms with E-state index in [2.05, 4.69) is 5.32 Å². The Kier molecular flexibility index (Phi) is 3.77. The third kappa shape index (κ3) is 2.97. The number of carbonyl (C=O) groups excluding carboxylic acids is 1. The van der Waals surface area contributed by atoms with Gasteiger partial charge in [0.15, 0.2) is 5.76 Å². The lowest BCUT2D eigenvalue weighted by Crippen LogP contribution is -2.25. The summed E-state index contributed by atoms with van der Waals surface area (Å²) in [6.07, 6.45) is 1.98. The van der Waals surface area contributed by atoms with E-state index in [0.29, 0.717) is 18.5 Å². The Morgan fingerprint density at radius 2 is 2.17 bits per heavy atom. The van der Waals surface area contributed by atoms with Crippen molar-refractivity contribution >= 4 is 5.91 Å². The van der Waals surface area contributed by atoms with Crippen molar-refractivity contribution in [3.05, 3.63) is 59.3 Å². The van der Waals surface area contributed by atoms with Gasteiger partial charge in [-0.3, -0.25) is 4.79 Å². The van der Waals surface area contributed by atoms with Gasteiger partial charge < -0.3 is 9.73 Å². The molecule has 3 nitrogen and oxygen atoms in total. The zero-order chi connectivity index (χ0) is 13.0. The maximum absolute atomic E-state index is 13.3. The molecular formula is C14H14FNO2. The molecule has 2 rings (SSSR count). The first-order valence-electron chi connectivity index (χ1n) is 5.73. The fraction of sp³-hybridized carbons (Fsp3) is 0.214. The SMILES string of the molecule is Cc1coc(C(=O)NCCc2ccccc2F)c1. The maximum Gasteiger partial charge on any atom is 0.286 e. The van der Waals surface area contributed by atoms with Crippen molar-refractivity contribution in [2.75, 3.05) is 6.54 Å². The highest BCUT2D eigenvalue weighted by atomic mass is 19.1. The standard InChI is InChI=1S/C14H14FNO2/c1-10-8-13(18-9-10)14(17)16-7-6-11-4-2-3-5-12(11)15/h2-5,8-9H,6-7H2,1H3,(H,16,17). The molecule has 1 N–H and O–H groups in total. The minimum absolute atomic E-state index is 0.249. The molecule has 0 atom stereocenters. The summed E-state index contributed by atoms with van der Waals surface area (Å²) in [4.78, 5) is 11.6. The van der Waals surface area contributed by atoms with Gasteiger partial charge in [0.2, 0.25) is 0 Å². The molecule has 0 spiro atoms. The number of aryl methyl sites for hydroxylation is 1. The summed E-state index contributed by atoms with van der Waals surface area (Å²) in [6, 6.07) is 8.20. The van der Waals surface area contributed by atoms with E-state index in [1.807, 2.05) is 6.92 Å². The molecule has 0 aliphatic rings. The summed E-state index contributed by atoms with van der Waals surface area (Å²) in [5, 5.41) is 2.69. The van der Waals surface area contributed by atoms with Crippen molar-refractivity contribution in [1.29, 1.82) is 0 Å². The molecule has 0 bridgehead atoms. The van der Waals surface area contributed by atoms with Gasteiger partial charge in [0.05, 0.1) is 6.26 Å². The molecule has 1 heterocycles. The predicted molar refractivity (Wildman–Crippen MR) is 65.9 cm³/mol. The minimum atomic E-state index is -0.278. The molecule has 0 aliphatic heterocycles. The fourth-order valence-corrected chi connectivity index (χ4v) is 1.65. The molecule has 1 amide bonds. The zero-order valence-electron chi connectivity index (χ0n) is 10.1. The van der Waals surface area contributed by atoms with Gasteiger partial charge in [-0.05, 0) is 36.6 Å². The topological polar surface area (TPSA) is 42.2 Å². The maximum atomic E-state index is 13.3. The molecule has 18 heavy (non-hydrogen) atoms. The molecule has 0 aliphatic carbocycles. The average molecular weight is 247 g/mol. The second kappa shape index (κ2) is 5.49. The summed E-state index contributed by atoms with van der Waals surface area (Å²) in [5.74, 6) is -0.249.